The number of methoxy groups -OCH3 is 1. The summed E-state index contributed by atoms with van der Waals surface area (Å²) in [5.74, 6) is 0.784. The predicted molar refractivity (Wildman–Crippen MR) is 129 cm³/mol. The molecule has 0 unspecified atom stereocenters. The molecule has 0 aliphatic heterocycles. The third kappa shape index (κ3) is 4.28. The number of hydrogen-bond donors (Lipinski definition) is 1. The third-order valence-corrected chi connectivity index (χ3v) is 7.43. The molecule has 0 bridgehead atoms. The summed E-state index contributed by atoms with van der Waals surface area (Å²) in [6.45, 7) is 4.37. The molecule has 0 aliphatic carbocycles. The van der Waals surface area contributed by atoms with Gasteiger partial charge in [-0.1, -0.05) is 35.3 Å². The van der Waals surface area contributed by atoms with Crippen molar-refractivity contribution in [2.75, 3.05) is 11.8 Å². The number of rotatable bonds is 6. The second-order valence-electron chi connectivity index (χ2n) is 7.46. The molecule has 166 valence electrons. The monoisotopic (exact) mass is 489 g/mol. The lowest BCUT2D eigenvalue weighted by Crippen LogP contribution is -2.15. The Bertz CT molecular complexity index is 1410. The first-order chi connectivity index (χ1) is 15.2. The third-order valence-electron chi connectivity index (χ3n) is 5.37. The highest BCUT2D eigenvalue weighted by Crippen LogP contribution is 2.33. The molecule has 0 fully saturated rings. The number of anilines is 1. The van der Waals surface area contributed by atoms with Gasteiger partial charge in [0.2, 0.25) is 0 Å². The van der Waals surface area contributed by atoms with Gasteiger partial charge < -0.3 is 9.30 Å². The summed E-state index contributed by atoms with van der Waals surface area (Å²) in [7, 11) is -2.36. The molecule has 0 aliphatic rings. The number of fused-ring (bicyclic) bond motifs is 1. The largest absolute Gasteiger partial charge is 0.497 e. The van der Waals surface area contributed by atoms with E-state index in [-0.39, 0.29) is 14.9 Å². The number of ether oxygens (including phenoxy) is 1. The van der Waals surface area contributed by atoms with Gasteiger partial charge in [-0.3, -0.25) is 4.72 Å². The van der Waals surface area contributed by atoms with E-state index in [2.05, 4.69) is 9.71 Å². The fraction of sp³-hybridized carbons (Fsp3) is 0.174. The van der Waals surface area contributed by atoms with E-state index in [1.807, 2.05) is 48.7 Å². The standard InChI is InChI=1S/C23H21Cl2N3O3S/c1-14-10-20-23(26-13-28(20)12-16-4-7-18(31-3)8-5-16)22(15(14)2)27-32(29,30)21-11-17(24)6-9-19(21)25/h4-11,13,27H,12H2,1-3H3. The van der Waals surface area contributed by atoms with Gasteiger partial charge in [0.15, 0.2) is 0 Å². The maximum Gasteiger partial charge on any atom is 0.263 e. The van der Waals surface area contributed by atoms with Crippen molar-refractivity contribution >= 4 is 49.9 Å². The van der Waals surface area contributed by atoms with Crippen molar-refractivity contribution in [3.63, 3.8) is 0 Å². The van der Waals surface area contributed by atoms with Gasteiger partial charge >= 0.3 is 0 Å². The Hall–Kier alpha value is -2.74. The number of halogens is 2. The molecule has 0 amide bonds. The maximum absolute atomic E-state index is 13.1. The molecule has 0 saturated heterocycles. The molecule has 0 radical (unpaired) electrons. The van der Waals surface area contributed by atoms with Gasteiger partial charge in [-0.05, 0) is 66.9 Å². The van der Waals surface area contributed by atoms with Gasteiger partial charge in [-0.2, -0.15) is 0 Å². The Morgan fingerprint density at radius 1 is 1.06 bits per heavy atom. The first kappa shape index (κ1) is 22.5. The van der Waals surface area contributed by atoms with E-state index in [0.717, 1.165) is 28.0 Å². The highest BCUT2D eigenvalue weighted by molar-refractivity contribution is 7.92. The van der Waals surface area contributed by atoms with Crippen LogP contribution in [0.3, 0.4) is 0 Å². The summed E-state index contributed by atoms with van der Waals surface area (Å²) in [5, 5.41) is 0.373. The summed E-state index contributed by atoms with van der Waals surface area (Å²) in [4.78, 5) is 4.44. The van der Waals surface area contributed by atoms with Crippen molar-refractivity contribution in [3.05, 3.63) is 81.6 Å². The topological polar surface area (TPSA) is 73.2 Å². The Labute approximate surface area is 196 Å². The molecule has 1 N–H and O–H groups in total. The van der Waals surface area contributed by atoms with Crippen LogP contribution in [0.15, 0.2) is 59.8 Å². The number of aromatic nitrogens is 2. The van der Waals surface area contributed by atoms with E-state index in [0.29, 0.717) is 17.7 Å². The zero-order chi connectivity index (χ0) is 23.0. The first-order valence-corrected chi connectivity index (χ1v) is 12.0. The van der Waals surface area contributed by atoms with Crippen LogP contribution in [-0.2, 0) is 16.6 Å². The molecule has 9 heteroatoms. The highest BCUT2D eigenvalue weighted by Gasteiger charge is 2.23. The van der Waals surface area contributed by atoms with Gasteiger partial charge in [-0.15, -0.1) is 0 Å². The molecule has 6 nitrogen and oxygen atoms in total. The molecule has 0 spiro atoms. The SMILES string of the molecule is COc1ccc(Cn2cnc3c(NS(=O)(=O)c4cc(Cl)ccc4Cl)c(C)c(C)cc32)cc1. The smallest absolute Gasteiger partial charge is 0.263 e. The van der Waals surface area contributed by atoms with Gasteiger partial charge in [0.1, 0.15) is 16.2 Å². The summed E-state index contributed by atoms with van der Waals surface area (Å²) >= 11 is 12.1. The average Bonchev–Trinajstić information content (AvgIpc) is 3.15. The molecule has 3 aromatic carbocycles. The number of nitrogens with one attached hydrogen (secondary N) is 1. The molecule has 4 rings (SSSR count). The Balaban J connectivity index is 1.76. The number of nitrogens with zero attached hydrogens (tertiary/aromatic N) is 2. The maximum atomic E-state index is 13.1. The predicted octanol–water partition coefficient (Wildman–Crippen LogP) is 5.82. The lowest BCUT2D eigenvalue weighted by Gasteiger charge is -2.15. The number of hydrogen-bond acceptors (Lipinski definition) is 4. The fourth-order valence-electron chi connectivity index (χ4n) is 3.47. The van der Waals surface area contributed by atoms with E-state index in [1.165, 1.54) is 12.1 Å². The number of imidazole rings is 1. The Morgan fingerprint density at radius 2 is 1.78 bits per heavy atom. The normalized spacial score (nSPS) is 11.7. The van der Waals surface area contributed by atoms with Crippen LogP contribution in [0.2, 0.25) is 10.0 Å². The van der Waals surface area contributed by atoms with E-state index in [9.17, 15) is 8.42 Å². The lowest BCUT2D eigenvalue weighted by atomic mass is 10.1. The molecular weight excluding hydrogens is 469 g/mol. The minimum Gasteiger partial charge on any atom is -0.497 e. The lowest BCUT2D eigenvalue weighted by molar-refractivity contribution is 0.414. The molecular formula is C23H21Cl2N3O3S. The van der Waals surface area contributed by atoms with E-state index in [1.54, 1.807) is 19.5 Å². The van der Waals surface area contributed by atoms with Crippen LogP contribution < -0.4 is 9.46 Å². The summed E-state index contributed by atoms with van der Waals surface area (Å²) in [6.07, 6.45) is 1.71. The molecule has 4 aromatic rings. The zero-order valence-corrected chi connectivity index (χ0v) is 20.0. The van der Waals surface area contributed by atoms with Gasteiger partial charge in [0.05, 0.1) is 29.7 Å². The zero-order valence-electron chi connectivity index (χ0n) is 17.7. The van der Waals surface area contributed by atoms with Crippen LogP contribution in [0.25, 0.3) is 11.0 Å². The van der Waals surface area contributed by atoms with Crippen molar-refractivity contribution in [1.29, 1.82) is 0 Å². The molecule has 1 heterocycles. The number of benzene rings is 3. The summed E-state index contributed by atoms with van der Waals surface area (Å²) < 4.78 is 36.2. The number of sulfonamides is 1. The summed E-state index contributed by atoms with van der Waals surface area (Å²) in [6, 6.07) is 14.1. The fourth-order valence-corrected chi connectivity index (χ4v) is 5.37. The van der Waals surface area contributed by atoms with Crippen molar-refractivity contribution < 1.29 is 13.2 Å². The Kier molecular flexibility index (Phi) is 6.07. The average molecular weight is 490 g/mol. The summed E-state index contributed by atoms with van der Waals surface area (Å²) in [5.41, 5.74) is 4.58. The van der Waals surface area contributed by atoms with Crippen molar-refractivity contribution in [2.24, 2.45) is 0 Å². The molecule has 0 atom stereocenters. The van der Waals surface area contributed by atoms with Crippen LogP contribution in [0.1, 0.15) is 16.7 Å². The van der Waals surface area contributed by atoms with Crippen LogP contribution in [0, 0.1) is 13.8 Å². The minimum atomic E-state index is -3.98. The van der Waals surface area contributed by atoms with Crippen molar-refractivity contribution in [1.82, 2.24) is 9.55 Å². The van der Waals surface area contributed by atoms with Crippen molar-refractivity contribution in [3.8, 4) is 5.75 Å². The molecule has 0 saturated carbocycles. The van der Waals surface area contributed by atoms with Crippen molar-refractivity contribution in [2.45, 2.75) is 25.3 Å². The molecule has 32 heavy (non-hydrogen) atoms. The molecule has 1 aromatic heterocycles. The quantitative estimate of drug-likeness (QED) is 0.370. The van der Waals surface area contributed by atoms with Gasteiger partial charge in [-0.25, -0.2) is 13.4 Å². The van der Waals surface area contributed by atoms with E-state index >= 15 is 0 Å². The van der Waals surface area contributed by atoms with Gasteiger partial charge in [0.25, 0.3) is 10.0 Å². The van der Waals surface area contributed by atoms with E-state index in [4.69, 9.17) is 27.9 Å². The second kappa shape index (κ2) is 8.65. The van der Waals surface area contributed by atoms with Crippen LogP contribution in [0.4, 0.5) is 5.69 Å². The number of aryl methyl sites for hydroxylation is 1. The van der Waals surface area contributed by atoms with Crippen LogP contribution >= 0.6 is 23.2 Å². The highest BCUT2D eigenvalue weighted by atomic mass is 35.5. The van der Waals surface area contributed by atoms with E-state index < -0.39 is 10.0 Å². The Morgan fingerprint density at radius 3 is 2.47 bits per heavy atom. The first-order valence-electron chi connectivity index (χ1n) is 9.75. The second-order valence-corrected chi connectivity index (χ2v) is 9.96. The van der Waals surface area contributed by atoms with Gasteiger partial charge in [0, 0.05) is 11.6 Å². The van der Waals surface area contributed by atoms with Crippen LogP contribution in [-0.4, -0.2) is 25.1 Å². The minimum absolute atomic E-state index is 0.0848. The van der Waals surface area contributed by atoms with Crippen LogP contribution in [0.5, 0.6) is 5.75 Å².